The molecule has 0 saturated heterocycles. The number of hydrogen-bond acceptors (Lipinski definition) is 5. The molecule has 3 heterocycles. The molecule has 156 valence electrons. The van der Waals surface area contributed by atoms with E-state index in [-0.39, 0.29) is 22.6 Å². The van der Waals surface area contributed by atoms with Crippen molar-refractivity contribution >= 4 is 33.5 Å². The van der Waals surface area contributed by atoms with Crippen LogP contribution in [0.4, 0.5) is 10.2 Å². The van der Waals surface area contributed by atoms with Crippen LogP contribution in [0.5, 0.6) is 0 Å². The second-order valence-corrected chi connectivity index (χ2v) is 7.76. The molecular formula is C25H15FN2O4. The molecule has 32 heavy (non-hydrogen) atoms. The molecule has 1 aliphatic rings. The molecule has 7 heteroatoms. The Morgan fingerprint density at radius 2 is 1.75 bits per heavy atom. The van der Waals surface area contributed by atoms with Gasteiger partial charge in [0.1, 0.15) is 17.2 Å². The van der Waals surface area contributed by atoms with E-state index in [0.717, 1.165) is 10.8 Å². The first kappa shape index (κ1) is 18.5. The van der Waals surface area contributed by atoms with Crippen LogP contribution in [0, 0.1) is 12.7 Å². The summed E-state index contributed by atoms with van der Waals surface area (Å²) in [5, 5.41) is 6.00. The molecule has 1 aliphatic heterocycles. The minimum atomic E-state index is -0.824. The van der Waals surface area contributed by atoms with Crippen molar-refractivity contribution in [1.82, 2.24) is 5.16 Å². The Hall–Kier alpha value is -4.26. The van der Waals surface area contributed by atoms with Gasteiger partial charge in [0.15, 0.2) is 11.2 Å². The normalized spacial score (nSPS) is 15.6. The number of amides is 1. The topological polar surface area (TPSA) is 76.6 Å². The van der Waals surface area contributed by atoms with Crippen LogP contribution in [-0.4, -0.2) is 11.1 Å². The van der Waals surface area contributed by atoms with Crippen LogP contribution in [0.2, 0.25) is 0 Å². The van der Waals surface area contributed by atoms with Gasteiger partial charge in [-0.25, -0.2) is 4.39 Å². The van der Waals surface area contributed by atoms with Crippen LogP contribution in [0.3, 0.4) is 0 Å². The molecule has 5 aromatic rings. The van der Waals surface area contributed by atoms with Crippen LogP contribution < -0.4 is 10.3 Å². The molecule has 6 nitrogen and oxygen atoms in total. The number of nitrogens with zero attached hydrogens (tertiary/aromatic N) is 2. The van der Waals surface area contributed by atoms with Crippen molar-refractivity contribution in [2.24, 2.45) is 0 Å². The lowest BCUT2D eigenvalue weighted by atomic mass is 9.97. The van der Waals surface area contributed by atoms with Gasteiger partial charge in [-0.2, -0.15) is 0 Å². The lowest BCUT2D eigenvalue weighted by molar-refractivity contribution is 0.0969. The molecule has 0 bridgehead atoms. The van der Waals surface area contributed by atoms with Crippen LogP contribution in [0.15, 0.2) is 80.5 Å². The highest BCUT2D eigenvalue weighted by Crippen LogP contribution is 2.41. The van der Waals surface area contributed by atoms with Gasteiger partial charge in [-0.15, -0.1) is 0 Å². The van der Waals surface area contributed by atoms with Crippen molar-refractivity contribution in [2.45, 2.75) is 13.0 Å². The molecule has 0 spiro atoms. The molecule has 1 atom stereocenters. The molecule has 0 radical (unpaired) electrons. The highest BCUT2D eigenvalue weighted by molar-refractivity contribution is 6.12. The number of carbonyl (C=O) groups excluding carboxylic acids is 1. The zero-order chi connectivity index (χ0) is 22.0. The number of carbonyl (C=O) groups is 1. The van der Waals surface area contributed by atoms with E-state index >= 15 is 0 Å². The van der Waals surface area contributed by atoms with Crippen molar-refractivity contribution in [2.75, 3.05) is 4.90 Å². The van der Waals surface area contributed by atoms with Gasteiger partial charge in [-0.1, -0.05) is 47.6 Å². The molecule has 0 saturated carbocycles. The summed E-state index contributed by atoms with van der Waals surface area (Å²) in [6.45, 7) is 1.71. The molecule has 0 aliphatic carbocycles. The summed E-state index contributed by atoms with van der Waals surface area (Å²) in [7, 11) is 0. The number of aromatic nitrogens is 1. The van der Waals surface area contributed by atoms with Gasteiger partial charge >= 0.3 is 0 Å². The van der Waals surface area contributed by atoms with Gasteiger partial charge in [0.25, 0.3) is 5.91 Å². The molecule has 2 aromatic heterocycles. The third-order valence-corrected chi connectivity index (χ3v) is 5.81. The number of rotatable bonds is 2. The van der Waals surface area contributed by atoms with Crippen molar-refractivity contribution in [3.05, 3.63) is 105 Å². The quantitative estimate of drug-likeness (QED) is 0.366. The Morgan fingerprint density at radius 3 is 2.50 bits per heavy atom. The second-order valence-electron chi connectivity index (χ2n) is 7.76. The fraction of sp³-hybridized carbons (Fsp3) is 0.0800. The Morgan fingerprint density at radius 1 is 0.969 bits per heavy atom. The molecule has 0 fully saturated rings. The van der Waals surface area contributed by atoms with E-state index in [1.165, 1.54) is 17.0 Å². The summed E-state index contributed by atoms with van der Waals surface area (Å²) >= 11 is 0. The van der Waals surface area contributed by atoms with Gasteiger partial charge in [0.2, 0.25) is 5.76 Å². The van der Waals surface area contributed by atoms with Crippen LogP contribution >= 0.6 is 0 Å². The van der Waals surface area contributed by atoms with E-state index in [9.17, 15) is 14.0 Å². The number of fused-ring (bicyclic) bond motifs is 4. The maximum absolute atomic E-state index is 13.7. The zero-order valence-corrected chi connectivity index (χ0v) is 16.8. The summed E-state index contributed by atoms with van der Waals surface area (Å²) in [6, 6.07) is 17.5. The van der Waals surface area contributed by atoms with E-state index in [1.54, 1.807) is 31.2 Å². The number of hydrogen-bond donors (Lipinski definition) is 0. The summed E-state index contributed by atoms with van der Waals surface area (Å²) in [4.78, 5) is 28.6. The average molecular weight is 426 g/mol. The Bertz CT molecular complexity index is 1600. The van der Waals surface area contributed by atoms with Crippen LogP contribution in [0.25, 0.3) is 21.7 Å². The van der Waals surface area contributed by atoms with Crippen molar-refractivity contribution in [1.29, 1.82) is 0 Å². The van der Waals surface area contributed by atoms with Gasteiger partial charge in [-0.05, 0) is 36.1 Å². The standard InChI is InChI=1S/C25H15FN2O4/c1-13-12-19(27-32-13)28-21(15-6-9-16(26)10-7-15)20-22(29)18-11-8-14-4-2-3-5-17(14)23(18)31-24(20)25(28)30/h2-12,21H,1H3/t21-/m0/s1. The molecule has 6 rings (SSSR count). The highest BCUT2D eigenvalue weighted by Gasteiger charge is 2.45. The largest absolute Gasteiger partial charge is 0.450 e. The van der Waals surface area contributed by atoms with Crippen LogP contribution in [0.1, 0.15) is 33.5 Å². The number of aryl methyl sites for hydroxylation is 1. The maximum Gasteiger partial charge on any atom is 0.296 e. The highest BCUT2D eigenvalue weighted by atomic mass is 19.1. The molecule has 3 aromatic carbocycles. The van der Waals surface area contributed by atoms with Gasteiger partial charge in [-0.3, -0.25) is 14.5 Å². The van der Waals surface area contributed by atoms with E-state index < -0.39 is 17.8 Å². The summed E-state index contributed by atoms with van der Waals surface area (Å²) in [5.41, 5.74) is 0.810. The minimum Gasteiger partial charge on any atom is -0.450 e. The molecule has 0 N–H and O–H groups in total. The van der Waals surface area contributed by atoms with Gasteiger partial charge in [0.05, 0.1) is 17.0 Å². The third kappa shape index (κ3) is 2.54. The average Bonchev–Trinajstić information content (AvgIpc) is 3.35. The second kappa shape index (κ2) is 6.62. The monoisotopic (exact) mass is 426 g/mol. The van der Waals surface area contributed by atoms with E-state index in [4.69, 9.17) is 8.94 Å². The van der Waals surface area contributed by atoms with Gasteiger partial charge in [0, 0.05) is 11.5 Å². The van der Waals surface area contributed by atoms with E-state index in [2.05, 4.69) is 5.16 Å². The first-order valence-electron chi connectivity index (χ1n) is 10.0. The Balaban J connectivity index is 1.69. The smallest absolute Gasteiger partial charge is 0.296 e. The number of anilines is 1. The lowest BCUT2D eigenvalue weighted by Crippen LogP contribution is -2.29. The van der Waals surface area contributed by atoms with E-state index in [1.807, 2.05) is 30.3 Å². The number of halogens is 1. The fourth-order valence-electron chi connectivity index (χ4n) is 4.36. The minimum absolute atomic E-state index is 0.0474. The van der Waals surface area contributed by atoms with Crippen LogP contribution in [-0.2, 0) is 0 Å². The number of benzene rings is 3. The van der Waals surface area contributed by atoms with E-state index in [0.29, 0.717) is 22.3 Å². The lowest BCUT2D eigenvalue weighted by Gasteiger charge is -2.22. The van der Waals surface area contributed by atoms with Crippen molar-refractivity contribution < 1.29 is 18.1 Å². The SMILES string of the molecule is Cc1cc(N2C(=O)c3oc4c(ccc5ccccc54)c(=O)c3[C@@H]2c2ccc(F)cc2)no1. The molecular weight excluding hydrogens is 411 g/mol. The summed E-state index contributed by atoms with van der Waals surface area (Å²) in [5.74, 6) is -0.207. The predicted octanol–water partition coefficient (Wildman–Crippen LogP) is 5.13. The third-order valence-electron chi connectivity index (χ3n) is 5.81. The molecule has 0 unspecified atom stereocenters. The Kier molecular flexibility index (Phi) is 3.83. The summed E-state index contributed by atoms with van der Waals surface area (Å²) < 4.78 is 24.9. The first-order valence-corrected chi connectivity index (χ1v) is 10.0. The zero-order valence-electron chi connectivity index (χ0n) is 16.8. The van der Waals surface area contributed by atoms with Crippen molar-refractivity contribution in [3.63, 3.8) is 0 Å². The van der Waals surface area contributed by atoms with Crippen molar-refractivity contribution in [3.8, 4) is 0 Å². The fourth-order valence-corrected chi connectivity index (χ4v) is 4.36. The Labute approximate surface area is 180 Å². The van der Waals surface area contributed by atoms with Gasteiger partial charge < -0.3 is 8.94 Å². The predicted molar refractivity (Wildman–Crippen MR) is 116 cm³/mol. The first-order chi connectivity index (χ1) is 15.5. The molecule has 1 amide bonds. The maximum atomic E-state index is 13.7. The summed E-state index contributed by atoms with van der Waals surface area (Å²) in [6.07, 6.45) is 0.